The first-order valence-corrected chi connectivity index (χ1v) is 6.54. The second kappa shape index (κ2) is 4.53. The van der Waals surface area contributed by atoms with Crippen LogP contribution in [0.15, 0.2) is 33.5 Å². The fourth-order valence-electron chi connectivity index (χ4n) is 1.43. The summed E-state index contributed by atoms with van der Waals surface area (Å²) in [4.78, 5) is 11.8. The minimum atomic E-state index is -0.304. The van der Waals surface area contributed by atoms with E-state index in [1.165, 1.54) is 0 Å². The molecule has 0 unspecified atom stereocenters. The number of para-hydroxylation sites is 2. The molecule has 80 valence electrons. The molecule has 1 aromatic carbocycles. The molecule has 0 amide bonds. The molecular formula is C10H9Br2NO2. The smallest absolute Gasteiger partial charge is 0.408 e. The topological polar surface area (TPSA) is 35.1 Å². The first kappa shape index (κ1) is 11.0. The maximum absolute atomic E-state index is 11.6. The lowest BCUT2D eigenvalue weighted by molar-refractivity contribution is 0.506. The molecule has 1 aromatic heterocycles. The zero-order valence-corrected chi connectivity index (χ0v) is 11.0. The first-order chi connectivity index (χ1) is 7.22. The summed E-state index contributed by atoms with van der Waals surface area (Å²) in [5.74, 6) is -0.304. The summed E-state index contributed by atoms with van der Waals surface area (Å²) in [5, 5.41) is 0.791. The zero-order valence-electron chi connectivity index (χ0n) is 7.82. The standard InChI is InChI=1S/C10H9Br2NO2/c11-5-7(12)6-13-8-3-1-2-4-9(8)15-10(13)14/h1-4,7H,5-6H2/t7-/m0/s1. The number of oxazole rings is 1. The Morgan fingerprint density at radius 2 is 2.13 bits per heavy atom. The summed E-state index contributed by atoms with van der Waals surface area (Å²) in [5.41, 5.74) is 1.48. The van der Waals surface area contributed by atoms with E-state index >= 15 is 0 Å². The lowest BCUT2D eigenvalue weighted by Crippen LogP contribution is -2.20. The molecule has 0 fully saturated rings. The number of hydrogen-bond acceptors (Lipinski definition) is 2. The summed E-state index contributed by atoms with van der Waals surface area (Å²) < 4.78 is 6.75. The summed E-state index contributed by atoms with van der Waals surface area (Å²) in [6.07, 6.45) is 0. The largest absolute Gasteiger partial charge is 0.419 e. The van der Waals surface area contributed by atoms with Crippen LogP contribution < -0.4 is 5.76 Å². The van der Waals surface area contributed by atoms with Crippen molar-refractivity contribution in [2.45, 2.75) is 11.4 Å². The molecule has 0 saturated carbocycles. The van der Waals surface area contributed by atoms with E-state index in [9.17, 15) is 4.79 Å². The average Bonchev–Trinajstić information content (AvgIpc) is 2.55. The predicted octanol–water partition coefficient (Wildman–Crippen LogP) is 2.75. The first-order valence-electron chi connectivity index (χ1n) is 4.51. The van der Waals surface area contributed by atoms with Crippen molar-refractivity contribution in [2.24, 2.45) is 0 Å². The normalized spacial score (nSPS) is 13.2. The minimum absolute atomic E-state index is 0.219. The molecule has 0 N–H and O–H groups in total. The van der Waals surface area contributed by atoms with Crippen molar-refractivity contribution in [2.75, 3.05) is 5.33 Å². The Hall–Kier alpha value is -0.550. The zero-order chi connectivity index (χ0) is 10.8. The summed E-state index contributed by atoms with van der Waals surface area (Å²) in [7, 11) is 0. The highest BCUT2D eigenvalue weighted by Gasteiger charge is 2.11. The van der Waals surface area contributed by atoms with Crippen LogP contribution >= 0.6 is 31.9 Å². The third-order valence-electron chi connectivity index (χ3n) is 2.12. The number of aromatic nitrogens is 1. The minimum Gasteiger partial charge on any atom is -0.408 e. The molecule has 1 heterocycles. The number of halogens is 2. The lowest BCUT2D eigenvalue weighted by atomic mass is 10.3. The molecule has 0 radical (unpaired) electrons. The molecule has 0 saturated heterocycles. The quantitative estimate of drug-likeness (QED) is 0.809. The van der Waals surface area contributed by atoms with E-state index in [-0.39, 0.29) is 10.6 Å². The second-order valence-corrected chi connectivity index (χ2v) is 5.14. The fourth-order valence-corrected chi connectivity index (χ4v) is 1.93. The Morgan fingerprint density at radius 3 is 2.87 bits per heavy atom. The van der Waals surface area contributed by atoms with E-state index in [4.69, 9.17) is 4.42 Å². The number of hydrogen-bond donors (Lipinski definition) is 0. The van der Waals surface area contributed by atoms with Crippen LogP contribution in [0.25, 0.3) is 11.1 Å². The van der Waals surface area contributed by atoms with Crippen molar-refractivity contribution in [3.63, 3.8) is 0 Å². The van der Waals surface area contributed by atoms with Gasteiger partial charge in [-0.25, -0.2) is 4.79 Å². The van der Waals surface area contributed by atoms with E-state index in [1.54, 1.807) is 10.6 Å². The van der Waals surface area contributed by atoms with Crippen LogP contribution in [0, 0.1) is 0 Å². The van der Waals surface area contributed by atoms with Crippen LogP contribution in [0.5, 0.6) is 0 Å². The van der Waals surface area contributed by atoms with E-state index in [1.807, 2.05) is 18.2 Å². The Balaban J connectivity index is 2.50. The lowest BCUT2D eigenvalue weighted by Gasteiger charge is -2.05. The maximum Gasteiger partial charge on any atom is 0.419 e. The number of fused-ring (bicyclic) bond motifs is 1. The van der Waals surface area contributed by atoms with Crippen LogP contribution in [-0.4, -0.2) is 14.7 Å². The molecular weight excluding hydrogens is 326 g/mol. The Kier molecular flexibility index (Phi) is 3.31. The third-order valence-corrected chi connectivity index (χ3v) is 4.39. The van der Waals surface area contributed by atoms with Gasteiger partial charge in [-0.2, -0.15) is 0 Å². The average molecular weight is 335 g/mol. The van der Waals surface area contributed by atoms with Gasteiger partial charge in [-0.15, -0.1) is 0 Å². The van der Waals surface area contributed by atoms with Gasteiger partial charge in [-0.05, 0) is 12.1 Å². The molecule has 15 heavy (non-hydrogen) atoms. The van der Waals surface area contributed by atoms with Gasteiger partial charge < -0.3 is 4.42 Å². The summed E-state index contributed by atoms with van der Waals surface area (Å²) >= 11 is 6.83. The van der Waals surface area contributed by atoms with E-state index in [2.05, 4.69) is 31.9 Å². The second-order valence-electron chi connectivity index (χ2n) is 3.20. The molecule has 1 atom stereocenters. The Labute approximate surface area is 103 Å². The van der Waals surface area contributed by atoms with Crippen LogP contribution in [0.4, 0.5) is 0 Å². The monoisotopic (exact) mass is 333 g/mol. The van der Waals surface area contributed by atoms with Crippen molar-refractivity contribution in [3.8, 4) is 0 Å². The number of rotatable bonds is 3. The maximum atomic E-state index is 11.6. The number of benzene rings is 1. The fraction of sp³-hybridized carbons (Fsp3) is 0.300. The summed E-state index contributed by atoms with van der Waals surface area (Å²) in [6, 6.07) is 7.43. The van der Waals surface area contributed by atoms with Crippen LogP contribution in [0.3, 0.4) is 0 Å². The van der Waals surface area contributed by atoms with Gasteiger partial charge in [-0.3, -0.25) is 4.57 Å². The van der Waals surface area contributed by atoms with Crippen molar-refractivity contribution in [1.29, 1.82) is 0 Å². The van der Waals surface area contributed by atoms with Crippen molar-refractivity contribution in [1.82, 2.24) is 4.57 Å². The van der Waals surface area contributed by atoms with Crippen molar-refractivity contribution in [3.05, 3.63) is 34.8 Å². The van der Waals surface area contributed by atoms with Gasteiger partial charge in [0.25, 0.3) is 0 Å². The van der Waals surface area contributed by atoms with Crippen molar-refractivity contribution >= 4 is 43.0 Å². The third kappa shape index (κ3) is 2.18. The van der Waals surface area contributed by atoms with Crippen molar-refractivity contribution < 1.29 is 4.42 Å². The van der Waals surface area contributed by atoms with Gasteiger partial charge in [0.1, 0.15) is 0 Å². The molecule has 0 bridgehead atoms. The highest BCUT2D eigenvalue weighted by molar-refractivity contribution is 9.12. The molecule has 2 aromatic rings. The van der Waals surface area contributed by atoms with Crippen LogP contribution in [-0.2, 0) is 6.54 Å². The molecule has 0 aliphatic heterocycles. The van der Waals surface area contributed by atoms with Gasteiger partial charge in [0.15, 0.2) is 5.58 Å². The Bertz CT molecular complexity index is 517. The van der Waals surface area contributed by atoms with Gasteiger partial charge in [-0.1, -0.05) is 44.0 Å². The molecule has 2 rings (SSSR count). The molecule has 0 spiro atoms. The molecule has 3 nitrogen and oxygen atoms in total. The number of alkyl halides is 2. The highest BCUT2D eigenvalue weighted by atomic mass is 79.9. The van der Waals surface area contributed by atoms with Gasteiger partial charge >= 0.3 is 5.76 Å². The predicted molar refractivity (Wildman–Crippen MR) is 67.0 cm³/mol. The summed E-state index contributed by atoms with van der Waals surface area (Å²) in [6.45, 7) is 0.598. The SMILES string of the molecule is O=c1oc2ccccc2n1C[C@@H](Br)CBr. The van der Waals surface area contributed by atoms with E-state index in [0.717, 1.165) is 10.8 Å². The molecule has 0 aliphatic rings. The van der Waals surface area contributed by atoms with E-state index < -0.39 is 0 Å². The van der Waals surface area contributed by atoms with Crippen LogP contribution in [0.1, 0.15) is 0 Å². The van der Waals surface area contributed by atoms with Gasteiger partial charge in [0.05, 0.1) is 5.52 Å². The Morgan fingerprint density at radius 1 is 1.40 bits per heavy atom. The molecule has 0 aliphatic carbocycles. The van der Waals surface area contributed by atoms with Gasteiger partial charge in [0, 0.05) is 16.7 Å². The van der Waals surface area contributed by atoms with Gasteiger partial charge in [0.2, 0.25) is 0 Å². The van der Waals surface area contributed by atoms with E-state index in [0.29, 0.717) is 12.1 Å². The molecule has 5 heteroatoms. The van der Waals surface area contributed by atoms with Crippen LogP contribution in [0.2, 0.25) is 0 Å². The number of nitrogens with zero attached hydrogens (tertiary/aromatic N) is 1. The highest BCUT2D eigenvalue weighted by Crippen LogP contribution is 2.14.